The van der Waals surface area contributed by atoms with Crippen molar-refractivity contribution in [3.63, 3.8) is 0 Å². The summed E-state index contributed by atoms with van der Waals surface area (Å²) in [5, 5.41) is 8.69. The Bertz CT molecular complexity index is 548. The minimum Gasteiger partial charge on any atom is -1.00 e. The second kappa shape index (κ2) is 5.48. The van der Waals surface area contributed by atoms with E-state index in [0.29, 0.717) is 6.54 Å². The van der Waals surface area contributed by atoms with E-state index in [9.17, 15) is 4.79 Å². The highest BCUT2D eigenvalue weighted by molar-refractivity contribution is 5.70. The van der Waals surface area contributed by atoms with Crippen LogP contribution in [-0.4, -0.2) is 11.1 Å². The molecular formula is C12H14INO3. The summed E-state index contributed by atoms with van der Waals surface area (Å²) in [6, 6.07) is 5.90. The predicted octanol–water partition coefficient (Wildman–Crippen LogP) is -1.18. The topological polar surface area (TPSA) is 54.3 Å². The molecule has 0 aliphatic rings. The Kier molecular flexibility index (Phi) is 4.50. The number of carbonyl (C=O) groups is 1. The van der Waals surface area contributed by atoms with Gasteiger partial charge in [-0.15, -0.1) is 0 Å². The Balaban J connectivity index is 0.00000144. The second-order valence-corrected chi connectivity index (χ2v) is 3.89. The van der Waals surface area contributed by atoms with E-state index in [1.807, 2.05) is 36.6 Å². The van der Waals surface area contributed by atoms with E-state index in [0.717, 1.165) is 22.6 Å². The average molecular weight is 347 g/mol. The number of oxazole rings is 1. The van der Waals surface area contributed by atoms with Gasteiger partial charge >= 0.3 is 11.9 Å². The Morgan fingerprint density at radius 1 is 1.41 bits per heavy atom. The first-order chi connectivity index (χ1) is 7.58. The summed E-state index contributed by atoms with van der Waals surface area (Å²) < 4.78 is 7.46. The van der Waals surface area contributed by atoms with Gasteiger partial charge in [0.05, 0.1) is 6.92 Å². The summed E-state index contributed by atoms with van der Waals surface area (Å²) in [6.07, 6.45) is 0.105. The van der Waals surface area contributed by atoms with E-state index in [2.05, 4.69) is 0 Å². The van der Waals surface area contributed by atoms with Gasteiger partial charge in [-0.1, -0.05) is 6.07 Å². The van der Waals surface area contributed by atoms with E-state index < -0.39 is 5.97 Å². The number of benzene rings is 1. The highest BCUT2D eigenvalue weighted by Gasteiger charge is 2.19. The lowest BCUT2D eigenvalue weighted by Gasteiger charge is -1.93. The third-order valence-corrected chi connectivity index (χ3v) is 2.59. The number of rotatable bonds is 3. The molecule has 2 rings (SSSR count). The van der Waals surface area contributed by atoms with Crippen molar-refractivity contribution in [1.82, 2.24) is 0 Å². The van der Waals surface area contributed by atoms with E-state index in [4.69, 9.17) is 9.52 Å². The third-order valence-electron chi connectivity index (χ3n) is 2.59. The molecule has 1 aromatic heterocycles. The fourth-order valence-corrected chi connectivity index (χ4v) is 1.79. The summed E-state index contributed by atoms with van der Waals surface area (Å²) >= 11 is 0. The lowest BCUT2D eigenvalue weighted by atomic mass is 10.2. The normalized spacial score (nSPS) is 10.2. The first kappa shape index (κ1) is 14.0. The molecule has 0 bridgehead atoms. The van der Waals surface area contributed by atoms with Gasteiger partial charge in [0, 0.05) is 6.07 Å². The van der Waals surface area contributed by atoms with Crippen molar-refractivity contribution < 1.29 is 42.9 Å². The molecule has 92 valence electrons. The molecule has 17 heavy (non-hydrogen) atoms. The zero-order chi connectivity index (χ0) is 11.7. The zero-order valence-corrected chi connectivity index (χ0v) is 11.9. The van der Waals surface area contributed by atoms with Gasteiger partial charge in [0.2, 0.25) is 5.58 Å². The summed E-state index contributed by atoms with van der Waals surface area (Å²) in [6.45, 7) is 4.29. The molecule has 1 heterocycles. The fourth-order valence-electron chi connectivity index (χ4n) is 1.79. The average Bonchev–Trinajstić information content (AvgIpc) is 2.51. The smallest absolute Gasteiger partial charge is 0.344 e. The van der Waals surface area contributed by atoms with Gasteiger partial charge in [-0.2, -0.15) is 4.57 Å². The minimum absolute atomic E-state index is 0. The van der Waals surface area contributed by atoms with E-state index >= 15 is 0 Å². The monoisotopic (exact) mass is 347 g/mol. The number of carboxylic acid groups (broad SMARTS) is 1. The largest absolute Gasteiger partial charge is 1.00 e. The zero-order valence-electron chi connectivity index (χ0n) is 9.74. The number of fused-ring (bicyclic) bond motifs is 1. The van der Waals surface area contributed by atoms with Crippen LogP contribution in [0.3, 0.4) is 0 Å². The summed E-state index contributed by atoms with van der Waals surface area (Å²) in [7, 11) is 0. The van der Waals surface area contributed by atoms with Crippen LogP contribution in [0.2, 0.25) is 0 Å². The lowest BCUT2D eigenvalue weighted by Crippen LogP contribution is -3.00. The van der Waals surface area contributed by atoms with Gasteiger partial charge in [-0.05, 0) is 18.6 Å². The van der Waals surface area contributed by atoms with Crippen LogP contribution in [0.25, 0.3) is 11.1 Å². The van der Waals surface area contributed by atoms with Crippen LogP contribution in [0.1, 0.15) is 17.9 Å². The van der Waals surface area contributed by atoms with Gasteiger partial charge in [-0.25, -0.2) is 0 Å². The molecule has 1 N–H and O–H groups in total. The molecule has 0 aliphatic heterocycles. The van der Waals surface area contributed by atoms with Crippen LogP contribution < -0.4 is 28.5 Å². The van der Waals surface area contributed by atoms with Gasteiger partial charge in [-0.3, -0.25) is 4.79 Å². The first-order valence-corrected chi connectivity index (χ1v) is 5.19. The number of hydrogen-bond acceptors (Lipinski definition) is 2. The fraction of sp³-hybridized carbons (Fsp3) is 0.333. The number of carboxylic acids is 1. The summed E-state index contributed by atoms with van der Waals surface area (Å²) in [5.41, 5.74) is 2.89. The highest BCUT2D eigenvalue weighted by Crippen LogP contribution is 2.15. The molecular weight excluding hydrogens is 333 g/mol. The molecule has 0 unspecified atom stereocenters. The maximum absolute atomic E-state index is 10.6. The Morgan fingerprint density at radius 2 is 2.12 bits per heavy atom. The van der Waals surface area contributed by atoms with Gasteiger partial charge in [0.25, 0.3) is 5.52 Å². The Hall–Kier alpha value is -1.11. The quantitative estimate of drug-likeness (QED) is 0.562. The molecule has 0 saturated carbocycles. The van der Waals surface area contributed by atoms with Crippen LogP contribution in [0.15, 0.2) is 22.6 Å². The number of nitrogens with zero attached hydrogens (tertiary/aromatic N) is 1. The predicted molar refractivity (Wildman–Crippen MR) is 58.1 cm³/mol. The Morgan fingerprint density at radius 3 is 2.76 bits per heavy atom. The van der Waals surface area contributed by atoms with Crippen LogP contribution >= 0.6 is 0 Å². The van der Waals surface area contributed by atoms with Gasteiger partial charge < -0.3 is 33.5 Å². The third kappa shape index (κ3) is 2.96. The molecule has 0 aliphatic carbocycles. The van der Waals surface area contributed by atoms with Crippen LogP contribution in [0.4, 0.5) is 0 Å². The maximum Gasteiger partial charge on any atom is 0.344 e. The number of aliphatic carboxylic acids is 1. The maximum atomic E-state index is 10.6. The number of aryl methyl sites for hydroxylation is 3. The van der Waals surface area contributed by atoms with Crippen LogP contribution in [0.5, 0.6) is 0 Å². The minimum atomic E-state index is -0.797. The van der Waals surface area contributed by atoms with E-state index in [1.165, 1.54) is 0 Å². The summed E-state index contributed by atoms with van der Waals surface area (Å²) in [5.74, 6) is -0.0595. The molecule has 0 atom stereocenters. The molecule has 0 saturated heterocycles. The van der Waals surface area contributed by atoms with E-state index in [-0.39, 0.29) is 30.4 Å². The number of halogens is 1. The van der Waals surface area contributed by atoms with Gasteiger partial charge in [0.1, 0.15) is 6.42 Å². The number of aromatic nitrogens is 1. The van der Waals surface area contributed by atoms with Crippen LogP contribution in [0, 0.1) is 13.8 Å². The molecule has 0 spiro atoms. The molecule has 1 aromatic carbocycles. The lowest BCUT2D eigenvalue weighted by molar-refractivity contribution is -0.681. The standard InChI is InChI=1S/C12H13NO3.HI/c1-8-3-4-11-10(7-8)13(9(2)16-11)6-5-12(14)15;/h3-4,7H,5-6H2,1-2H3;1H. The molecule has 5 heteroatoms. The van der Waals surface area contributed by atoms with Crippen LogP contribution in [-0.2, 0) is 11.3 Å². The molecule has 4 nitrogen and oxygen atoms in total. The molecule has 2 aromatic rings. The van der Waals surface area contributed by atoms with Crippen molar-refractivity contribution in [2.45, 2.75) is 26.8 Å². The molecule has 0 fully saturated rings. The SMILES string of the molecule is Cc1ccc2oc(C)[n+](CCC(=O)O)c2c1.[I-]. The van der Waals surface area contributed by atoms with E-state index in [1.54, 1.807) is 0 Å². The second-order valence-electron chi connectivity index (χ2n) is 3.89. The molecule has 0 radical (unpaired) electrons. The first-order valence-electron chi connectivity index (χ1n) is 5.19. The van der Waals surface area contributed by atoms with Crippen molar-refractivity contribution in [1.29, 1.82) is 0 Å². The molecule has 0 amide bonds. The van der Waals surface area contributed by atoms with Crippen molar-refractivity contribution in [3.8, 4) is 0 Å². The summed E-state index contributed by atoms with van der Waals surface area (Å²) in [4.78, 5) is 10.6. The van der Waals surface area contributed by atoms with Crippen molar-refractivity contribution in [3.05, 3.63) is 29.7 Å². The van der Waals surface area contributed by atoms with Crippen molar-refractivity contribution >= 4 is 17.1 Å². The highest BCUT2D eigenvalue weighted by atomic mass is 127. The Labute approximate surface area is 116 Å². The van der Waals surface area contributed by atoms with Gasteiger partial charge in [0.15, 0.2) is 6.54 Å². The van der Waals surface area contributed by atoms with Crippen molar-refractivity contribution in [2.75, 3.05) is 0 Å². The van der Waals surface area contributed by atoms with Crippen molar-refractivity contribution in [2.24, 2.45) is 0 Å². The number of hydrogen-bond donors (Lipinski definition) is 1.